The molecular weight excluding hydrogens is 371 g/mol. The van der Waals surface area contributed by atoms with Crippen molar-refractivity contribution < 1.29 is 27.9 Å². The number of carbonyl (C=O) groups is 2. The number of carboxylic acids is 1. The molecule has 0 saturated heterocycles. The van der Waals surface area contributed by atoms with E-state index in [0.29, 0.717) is 0 Å². The standard InChI is InChI=1S/C21H22F3NO3/c1-20(2,3)15-8-4-13(5-9-15)12-17(19(27)28)25-18(26)14-6-10-16(11-7-14)21(22,23)24/h4-11,17H,12H2,1-3H3,(H,25,26)(H,27,28)/t17-/m1/s1. The monoisotopic (exact) mass is 393 g/mol. The van der Waals surface area contributed by atoms with E-state index in [2.05, 4.69) is 26.1 Å². The third-order valence-electron chi connectivity index (χ3n) is 4.34. The summed E-state index contributed by atoms with van der Waals surface area (Å²) >= 11 is 0. The zero-order valence-corrected chi connectivity index (χ0v) is 15.8. The minimum Gasteiger partial charge on any atom is -0.480 e. The molecule has 0 aliphatic rings. The van der Waals surface area contributed by atoms with E-state index in [0.717, 1.165) is 35.4 Å². The second kappa shape index (κ2) is 8.04. The number of hydrogen-bond donors (Lipinski definition) is 2. The predicted molar refractivity (Wildman–Crippen MR) is 99.2 cm³/mol. The van der Waals surface area contributed by atoms with E-state index < -0.39 is 29.7 Å². The fraction of sp³-hybridized carbons (Fsp3) is 0.333. The van der Waals surface area contributed by atoms with Crippen molar-refractivity contribution in [2.24, 2.45) is 0 Å². The van der Waals surface area contributed by atoms with Crippen LogP contribution in [-0.4, -0.2) is 23.0 Å². The summed E-state index contributed by atoms with van der Waals surface area (Å²) in [6, 6.07) is 9.85. The molecule has 0 unspecified atom stereocenters. The van der Waals surface area contributed by atoms with Crippen LogP contribution < -0.4 is 5.32 Å². The third-order valence-corrected chi connectivity index (χ3v) is 4.34. The van der Waals surface area contributed by atoms with Gasteiger partial charge in [0.1, 0.15) is 6.04 Å². The van der Waals surface area contributed by atoms with E-state index in [4.69, 9.17) is 0 Å². The first-order valence-electron chi connectivity index (χ1n) is 8.68. The quantitative estimate of drug-likeness (QED) is 0.790. The maximum absolute atomic E-state index is 12.6. The largest absolute Gasteiger partial charge is 0.480 e. The summed E-state index contributed by atoms with van der Waals surface area (Å²) in [5.74, 6) is -1.97. The molecule has 1 atom stereocenters. The minimum absolute atomic E-state index is 0.0395. The minimum atomic E-state index is -4.50. The number of benzene rings is 2. The lowest BCUT2D eigenvalue weighted by molar-refractivity contribution is -0.139. The number of amides is 1. The normalized spacial score (nSPS) is 13.1. The van der Waals surface area contributed by atoms with Gasteiger partial charge in [0.25, 0.3) is 5.91 Å². The summed E-state index contributed by atoms with van der Waals surface area (Å²) in [6.45, 7) is 6.19. The van der Waals surface area contributed by atoms with Gasteiger partial charge in [-0.05, 0) is 40.8 Å². The number of alkyl halides is 3. The molecular formula is C21H22F3NO3. The second-order valence-corrected chi connectivity index (χ2v) is 7.59. The van der Waals surface area contributed by atoms with E-state index in [1.54, 1.807) is 12.1 Å². The van der Waals surface area contributed by atoms with Gasteiger partial charge in [-0.25, -0.2) is 4.79 Å². The van der Waals surface area contributed by atoms with E-state index in [9.17, 15) is 27.9 Å². The SMILES string of the molecule is CC(C)(C)c1ccc(C[C@@H](NC(=O)c2ccc(C(F)(F)F)cc2)C(=O)O)cc1. The molecule has 2 aromatic carbocycles. The molecule has 0 radical (unpaired) electrons. The fourth-order valence-electron chi connectivity index (χ4n) is 2.63. The van der Waals surface area contributed by atoms with E-state index in [-0.39, 0.29) is 17.4 Å². The smallest absolute Gasteiger partial charge is 0.416 e. The number of carboxylic acid groups (broad SMARTS) is 1. The molecule has 150 valence electrons. The van der Waals surface area contributed by atoms with Crippen molar-refractivity contribution in [1.82, 2.24) is 5.32 Å². The van der Waals surface area contributed by atoms with Crippen molar-refractivity contribution in [2.75, 3.05) is 0 Å². The highest BCUT2D eigenvalue weighted by molar-refractivity contribution is 5.96. The molecule has 2 N–H and O–H groups in total. The van der Waals surface area contributed by atoms with Crippen molar-refractivity contribution >= 4 is 11.9 Å². The summed E-state index contributed by atoms with van der Waals surface area (Å²) in [7, 11) is 0. The van der Waals surface area contributed by atoms with Crippen LogP contribution in [0.2, 0.25) is 0 Å². The average molecular weight is 393 g/mol. The van der Waals surface area contributed by atoms with E-state index in [1.165, 1.54) is 0 Å². The molecule has 0 fully saturated rings. The number of hydrogen-bond acceptors (Lipinski definition) is 2. The summed E-state index contributed by atoms with van der Waals surface area (Å²) in [6.07, 6.45) is -4.44. The number of rotatable bonds is 5. The molecule has 1 amide bonds. The summed E-state index contributed by atoms with van der Waals surface area (Å²) < 4.78 is 37.8. The Balaban J connectivity index is 2.10. The van der Waals surface area contributed by atoms with Crippen LogP contribution in [-0.2, 0) is 22.8 Å². The van der Waals surface area contributed by atoms with Crippen molar-refractivity contribution in [2.45, 2.75) is 44.8 Å². The lowest BCUT2D eigenvalue weighted by atomic mass is 9.86. The maximum atomic E-state index is 12.6. The summed E-state index contributed by atoms with van der Waals surface area (Å²) in [5, 5.41) is 11.8. The highest BCUT2D eigenvalue weighted by Gasteiger charge is 2.30. The van der Waals surface area contributed by atoms with Gasteiger partial charge < -0.3 is 10.4 Å². The van der Waals surface area contributed by atoms with Crippen molar-refractivity contribution in [3.63, 3.8) is 0 Å². The molecule has 0 aliphatic carbocycles. The zero-order valence-electron chi connectivity index (χ0n) is 15.8. The van der Waals surface area contributed by atoms with Crippen LogP contribution in [0.15, 0.2) is 48.5 Å². The van der Waals surface area contributed by atoms with Crippen LogP contribution in [0.25, 0.3) is 0 Å². The topological polar surface area (TPSA) is 66.4 Å². The highest BCUT2D eigenvalue weighted by atomic mass is 19.4. The van der Waals surface area contributed by atoms with Crippen LogP contribution in [0.4, 0.5) is 13.2 Å². The van der Waals surface area contributed by atoms with Crippen LogP contribution in [0.5, 0.6) is 0 Å². The van der Waals surface area contributed by atoms with E-state index in [1.807, 2.05) is 12.1 Å². The van der Waals surface area contributed by atoms with E-state index >= 15 is 0 Å². The van der Waals surface area contributed by atoms with Crippen molar-refractivity contribution in [3.8, 4) is 0 Å². The molecule has 0 heterocycles. The first-order chi connectivity index (χ1) is 12.9. The Kier molecular flexibility index (Phi) is 6.17. The molecule has 0 aromatic heterocycles. The van der Waals surface area contributed by atoms with Gasteiger partial charge in [0.05, 0.1) is 5.56 Å². The molecule has 0 saturated carbocycles. The number of carbonyl (C=O) groups excluding carboxylic acids is 1. The van der Waals surface area contributed by atoms with Gasteiger partial charge >= 0.3 is 12.1 Å². The number of halogens is 3. The lowest BCUT2D eigenvalue weighted by Crippen LogP contribution is -2.42. The molecule has 7 heteroatoms. The van der Waals surface area contributed by atoms with Gasteiger partial charge in [0.2, 0.25) is 0 Å². The Bertz CT molecular complexity index is 835. The van der Waals surface area contributed by atoms with Gasteiger partial charge in [-0.3, -0.25) is 4.79 Å². The Labute approximate surface area is 161 Å². The number of aliphatic carboxylic acids is 1. The Morgan fingerprint density at radius 3 is 1.86 bits per heavy atom. The lowest BCUT2D eigenvalue weighted by Gasteiger charge is -2.20. The van der Waals surface area contributed by atoms with Gasteiger partial charge in [0, 0.05) is 12.0 Å². The zero-order chi connectivity index (χ0) is 21.1. The van der Waals surface area contributed by atoms with Crippen LogP contribution in [0.1, 0.15) is 47.8 Å². The first-order valence-corrected chi connectivity index (χ1v) is 8.68. The van der Waals surface area contributed by atoms with Gasteiger partial charge in [0.15, 0.2) is 0 Å². The van der Waals surface area contributed by atoms with Gasteiger partial charge in [-0.1, -0.05) is 45.0 Å². The van der Waals surface area contributed by atoms with Gasteiger partial charge in [-0.2, -0.15) is 13.2 Å². The predicted octanol–water partition coefficient (Wildman–Crippen LogP) is 4.43. The number of nitrogens with one attached hydrogen (secondary N) is 1. The van der Waals surface area contributed by atoms with Crippen molar-refractivity contribution in [3.05, 3.63) is 70.8 Å². The fourth-order valence-corrected chi connectivity index (χ4v) is 2.63. The molecule has 28 heavy (non-hydrogen) atoms. The first kappa shape index (κ1) is 21.5. The molecule has 2 aromatic rings. The Morgan fingerprint density at radius 2 is 1.43 bits per heavy atom. The third kappa shape index (κ3) is 5.58. The Morgan fingerprint density at radius 1 is 0.929 bits per heavy atom. The molecule has 2 rings (SSSR count). The highest BCUT2D eigenvalue weighted by Crippen LogP contribution is 2.29. The Hall–Kier alpha value is -2.83. The second-order valence-electron chi connectivity index (χ2n) is 7.59. The molecule has 0 bridgehead atoms. The molecule has 4 nitrogen and oxygen atoms in total. The average Bonchev–Trinajstić information content (AvgIpc) is 2.60. The molecule has 0 aliphatic heterocycles. The summed E-state index contributed by atoms with van der Waals surface area (Å²) in [5.41, 5.74) is 0.867. The maximum Gasteiger partial charge on any atom is 0.416 e. The molecule has 0 spiro atoms. The van der Waals surface area contributed by atoms with Gasteiger partial charge in [-0.15, -0.1) is 0 Å². The summed E-state index contributed by atoms with van der Waals surface area (Å²) in [4.78, 5) is 23.8. The van der Waals surface area contributed by atoms with Crippen molar-refractivity contribution in [1.29, 1.82) is 0 Å². The van der Waals surface area contributed by atoms with Crippen LogP contribution >= 0.6 is 0 Å². The van der Waals surface area contributed by atoms with Crippen LogP contribution in [0, 0.1) is 0 Å². The van der Waals surface area contributed by atoms with Crippen LogP contribution in [0.3, 0.4) is 0 Å².